The van der Waals surface area contributed by atoms with Gasteiger partial charge in [0, 0.05) is 59.4 Å². The van der Waals surface area contributed by atoms with Crippen molar-refractivity contribution in [3.05, 3.63) is 0 Å². The Bertz CT molecular complexity index is 493. The molecule has 0 spiro atoms. The van der Waals surface area contributed by atoms with Crippen molar-refractivity contribution in [1.82, 2.24) is 25.3 Å². The van der Waals surface area contributed by atoms with Crippen LogP contribution in [0.3, 0.4) is 0 Å². The number of guanidine groups is 1. The summed E-state index contributed by atoms with van der Waals surface area (Å²) in [6.45, 7) is 11.1. The van der Waals surface area contributed by atoms with Crippen molar-refractivity contribution in [2.45, 2.75) is 45.6 Å². The van der Waals surface area contributed by atoms with E-state index in [1.54, 1.807) is 4.90 Å². The fourth-order valence-corrected chi connectivity index (χ4v) is 4.17. The monoisotopic (exact) mass is 380 g/mol. The summed E-state index contributed by atoms with van der Waals surface area (Å²) < 4.78 is 0. The van der Waals surface area contributed by atoms with E-state index in [2.05, 4.69) is 41.3 Å². The van der Waals surface area contributed by atoms with Gasteiger partial charge in [0.1, 0.15) is 0 Å². The average molecular weight is 381 g/mol. The van der Waals surface area contributed by atoms with Gasteiger partial charge in [-0.25, -0.2) is 0 Å². The molecule has 1 saturated carbocycles. The quantitative estimate of drug-likeness (QED) is 0.506. The first-order valence-electron chi connectivity index (χ1n) is 10.5. The van der Waals surface area contributed by atoms with E-state index in [-0.39, 0.29) is 11.3 Å². The predicted molar refractivity (Wildman–Crippen MR) is 112 cm³/mol. The van der Waals surface area contributed by atoms with Gasteiger partial charge in [-0.3, -0.25) is 14.7 Å². The van der Waals surface area contributed by atoms with Crippen LogP contribution in [0.2, 0.25) is 0 Å². The molecule has 0 radical (unpaired) electrons. The number of likely N-dealkylation sites (N-methyl/N-ethyl adjacent to an activating group) is 1. The van der Waals surface area contributed by atoms with Crippen molar-refractivity contribution in [3.63, 3.8) is 0 Å². The summed E-state index contributed by atoms with van der Waals surface area (Å²) >= 11 is 0. The number of nitrogens with zero attached hydrogens (tertiary/aromatic N) is 4. The molecule has 1 aliphatic carbocycles. The minimum Gasteiger partial charge on any atom is -0.357 e. The van der Waals surface area contributed by atoms with Gasteiger partial charge in [-0.05, 0) is 33.7 Å². The summed E-state index contributed by atoms with van der Waals surface area (Å²) in [5, 5.41) is 6.84. The molecule has 0 bridgehead atoms. The number of rotatable bonds is 7. The lowest BCUT2D eigenvalue weighted by molar-refractivity contribution is -0.138. The smallest absolute Gasteiger partial charge is 0.230 e. The van der Waals surface area contributed by atoms with E-state index in [0.29, 0.717) is 12.6 Å². The molecule has 2 N–H and O–H groups in total. The van der Waals surface area contributed by atoms with E-state index in [1.807, 2.05) is 14.1 Å². The van der Waals surface area contributed by atoms with Gasteiger partial charge in [-0.2, -0.15) is 0 Å². The van der Waals surface area contributed by atoms with Crippen LogP contribution in [0.4, 0.5) is 0 Å². The lowest BCUT2D eigenvalue weighted by Crippen LogP contribution is -2.52. The van der Waals surface area contributed by atoms with Gasteiger partial charge in [-0.15, -0.1) is 0 Å². The maximum absolute atomic E-state index is 12.7. The van der Waals surface area contributed by atoms with Crippen LogP contribution in [-0.2, 0) is 4.79 Å². The number of hydrogen-bond donors (Lipinski definition) is 2. The molecule has 2 fully saturated rings. The van der Waals surface area contributed by atoms with Crippen LogP contribution >= 0.6 is 0 Å². The average Bonchev–Trinajstić information content (AvgIpc) is 3.13. The molecule has 1 atom stereocenters. The van der Waals surface area contributed by atoms with E-state index in [0.717, 1.165) is 70.9 Å². The molecule has 27 heavy (non-hydrogen) atoms. The highest BCUT2D eigenvalue weighted by Gasteiger charge is 2.42. The van der Waals surface area contributed by atoms with E-state index >= 15 is 0 Å². The normalized spacial score (nSPS) is 22.5. The summed E-state index contributed by atoms with van der Waals surface area (Å²) in [5.74, 6) is 1.06. The predicted octanol–water partition coefficient (Wildman–Crippen LogP) is 0.826. The molecule has 1 unspecified atom stereocenters. The number of carbonyl (C=O) groups excluding carboxylic acids is 1. The van der Waals surface area contributed by atoms with Crippen LogP contribution in [0.1, 0.15) is 39.5 Å². The molecule has 156 valence electrons. The number of carbonyl (C=O) groups is 1. The van der Waals surface area contributed by atoms with Gasteiger partial charge in [0.2, 0.25) is 5.91 Å². The van der Waals surface area contributed by atoms with Gasteiger partial charge in [0.15, 0.2) is 5.96 Å². The highest BCUT2D eigenvalue weighted by Crippen LogP contribution is 2.39. The third-order valence-electron chi connectivity index (χ3n) is 6.03. The zero-order chi connectivity index (χ0) is 19.9. The van der Waals surface area contributed by atoms with Crippen molar-refractivity contribution >= 4 is 11.9 Å². The van der Waals surface area contributed by atoms with Crippen molar-refractivity contribution in [2.24, 2.45) is 10.4 Å². The molecular weight excluding hydrogens is 340 g/mol. The lowest BCUT2D eigenvalue weighted by Gasteiger charge is -2.36. The number of piperazine rings is 1. The summed E-state index contributed by atoms with van der Waals surface area (Å²) in [7, 11) is 5.89. The van der Waals surface area contributed by atoms with Gasteiger partial charge in [0.05, 0.1) is 12.0 Å². The number of amides is 1. The van der Waals surface area contributed by atoms with Crippen LogP contribution < -0.4 is 10.6 Å². The first kappa shape index (κ1) is 22.0. The summed E-state index contributed by atoms with van der Waals surface area (Å²) in [5.41, 5.74) is -0.311. The van der Waals surface area contributed by atoms with E-state index < -0.39 is 0 Å². The van der Waals surface area contributed by atoms with E-state index in [4.69, 9.17) is 4.99 Å². The minimum absolute atomic E-state index is 0.227. The van der Waals surface area contributed by atoms with E-state index in [9.17, 15) is 4.79 Å². The number of aliphatic imine (C=N–C) groups is 1. The molecule has 1 aliphatic heterocycles. The topological polar surface area (TPSA) is 63.2 Å². The van der Waals surface area contributed by atoms with Crippen LogP contribution in [0.5, 0.6) is 0 Å². The molecule has 0 aromatic rings. The Kier molecular flexibility index (Phi) is 8.35. The maximum Gasteiger partial charge on any atom is 0.230 e. The first-order chi connectivity index (χ1) is 12.9. The molecule has 2 aliphatic rings. The Morgan fingerprint density at radius 1 is 1.15 bits per heavy atom. The Labute approximate surface area is 165 Å². The zero-order valence-corrected chi connectivity index (χ0v) is 18.1. The molecule has 0 aromatic carbocycles. The summed E-state index contributed by atoms with van der Waals surface area (Å²) in [6, 6.07) is 0.464. The van der Waals surface area contributed by atoms with Gasteiger partial charge in [-0.1, -0.05) is 12.8 Å². The molecule has 7 heteroatoms. The SMILES string of the molecule is CCNC(=NCC1(C(=O)N(C)C)CCCC1)NCC(C)N1CCN(C)CC1. The zero-order valence-electron chi connectivity index (χ0n) is 18.1. The Hall–Kier alpha value is -1.34. The first-order valence-corrected chi connectivity index (χ1v) is 10.5. The molecule has 1 heterocycles. The molecule has 1 amide bonds. The van der Waals surface area contributed by atoms with Crippen molar-refractivity contribution in [2.75, 3.05) is 67.0 Å². The van der Waals surface area contributed by atoms with Crippen LogP contribution in [-0.4, -0.2) is 99.6 Å². The minimum atomic E-state index is -0.311. The highest BCUT2D eigenvalue weighted by molar-refractivity contribution is 5.84. The van der Waals surface area contributed by atoms with Crippen molar-refractivity contribution in [1.29, 1.82) is 0 Å². The summed E-state index contributed by atoms with van der Waals surface area (Å²) in [6.07, 6.45) is 4.15. The molecule has 1 saturated heterocycles. The second-order valence-corrected chi connectivity index (χ2v) is 8.45. The Balaban J connectivity index is 1.93. The molecule has 7 nitrogen and oxygen atoms in total. The van der Waals surface area contributed by atoms with Crippen molar-refractivity contribution in [3.8, 4) is 0 Å². The standard InChI is InChI=1S/C20H40N6O/c1-6-21-19(22-15-17(2)26-13-11-25(5)12-14-26)23-16-20(9-7-8-10-20)18(27)24(3)4/h17H,6-16H2,1-5H3,(H2,21,22,23). The van der Waals surface area contributed by atoms with Crippen LogP contribution in [0, 0.1) is 5.41 Å². The van der Waals surface area contributed by atoms with Crippen LogP contribution in [0.15, 0.2) is 4.99 Å². The third-order valence-corrected chi connectivity index (χ3v) is 6.03. The Morgan fingerprint density at radius 3 is 2.33 bits per heavy atom. The van der Waals surface area contributed by atoms with Gasteiger partial charge in [0.25, 0.3) is 0 Å². The number of hydrogen-bond acceptors (Lipinski definition) is 4. The van der Waals surface area contributed by atoms with Crippen LogP contribution in [0.25, 0.3) is 0 Å². The molecule has 2 rings (SSSR count). The third kappa shape index (κ3) is 6.07. The van der Waals surface area contributed by atoms with Crippen molar-refractivity contribution < 1.29 is 4.79 Å². The second-order valence-electron chi connectivity index (χ2n) is 8.45. The summed E-state index contributed by atoms with van der Waals surface area (Å²) in [4.78, 5) is 24.2. The fraction of sp³-hybridized carbons (Fsp3) is 0.900. The Morgan fingerprint density at radius 2 is 1.78 bits per heavy atom. The highest BCUT2D eigenvalue weighted by atomic mass is 16.2. The fourth-order valence-electron chi connectivity index (χ4n) is 4.17. The lowest BCUT2D eigenvalue weighted by atomic mass is 9.85. The maximum atomic E-state index is 12.7. The molecular formula is C20H40N6O. The van der Waals surface area contributed by atoms with E-state index in [1.165, 1.54) is 0 Å². The van der Waals surface area contributed by atoms with Gasteiger partial charge < -0.3 is 20.4 Å². The largest absolute Gasteiger partial charge is 0.357 e. The molecule has 0 aromatic heterocycles. The second kappa shape index (κ2) is 10.3. The number of nitrogens with one attached hydrogen (secondary N) is 2. The van der Waals surface area contributed by atoms with Gasteiger partial charge >= 0.3 is 0 Å².